The van der Waals surface area contributed by atoms with Gasteiger partial charge in [-0.05, 0) is 31.0 Å². The summed E-state index contributed by atoms with van der Waals surface area (Å²) in [7, 11) is 0. The van der Waals surface area contributed by atoms with Gasteiger partial charge in [-0.2, -0.15) is 0 Å². The zero-order valence-electron chi connectivity index (χ0n) is 13.4. The van der Waals surface area contributed by atoms with E-state index in [1.54, 1.807) is 6.07 Å². The van der Waals surface area contributed by atoms with Crippen molar-refractivity contribution >= 4 is 17.9 Å². The highest BCUT2D eigenvalue weighted by Gasteiger charge is 2.20. The Balaban J connectivity index is 2.38. The Bertz CT molecular complexity index is 701. The van der Waals surface area contributed by atoms with Gasteiger partial charge in [-0.15, -0.1) is 0 Å². The van der Waals surface area contributed by atoms with E-state index in [0.717, 1.165) is 15.6 Å². The molecule has 1 amide bonds. The van der Waals surface area contributed by atoms with Gasteiger partial charge in [0.15, 0.2) is 6.61 Å². The normalized spacial score (nSPS) is 11.0. The van der Waals surface area contributed by atoms with Crippen molar-refractivity contribution in [2.45, 2.75) is 49.8 Å². The average Bonchev–Trinajstić information content (AvgIpc) is 2.82. The zero-order valence-corrected chi connectivity index (χ0v) is 14.2. The van der Waals surface area contributed by atoms with Gasteiger partial charge < -0.3 is 15.0 Å². The molecule has 0 fully saturated rings. The molecule has 0 saturated heterocycles. The molecule has 0 aliphatic heterocycles. The van der Waals surface area contributed by atoms with E-state index in [9.17, 15) is 9.18 Å². The van der Waals surface area contributed by atoms with Crippen LogP contribution in [0.1, 0.15) is 38.2 Å². The van der Waals surface area contributed by atoms with Crippen molar-refractivity contribution in [2.75, 3.05) is 0 Å². The topological polar surface area (TPSA) is 70.1 Å². The van der Waals surface area contributed by atoms with E-state index in [1.165, 1.54) is 23.9 Å². The van der Waals surface area contributed by atoms with Crippen LogP contribution in [0, 0.1) is 5.82 Å². The van der Waals surface area contributed by atoms with Crippen molar-refractivity contribution in [2.24, 2.45) is 5.73 Å². The number of benzene rings is 1. The lowest BCUT2D eigenvalue weighted by Gasteiger charge is -2.13. The van der Waals surface area contributed by atoms with E-state index in [4.69, 9.17) is 10.5 Å². The lowest BCUT2D eigenvalue weighted by atomic mass is 10.1. The Morgan fingerprint density at radius 3 is 2.78 bits per heavy atom. The second-order valence-electron chi connectivity index (χ2n) is 5.28. The fraction of sp³-hybridized carbons (Fsp3) is 0.375. The van der Waals surface area contributed by atoms with Gasteiger partial charge in [-0.3, -0.25) is 0 Å². The third-order valence-electron chi connectivity index (χ3n) is 3.27. The Kier molecular flexibility index (Phi) is 5.65. The van der Waals surface area contributed by atoms with Crippen molar-refractivity contribution < 1.29 is 13.9 Å². The van der Waals surface area contributed by atoms with Crippen LogP contribution in [0.2, 0.25) is 0 Å². The number of aromatic nitrogens is 2. The molecule has 23 heavy (non-hydrogen) atoms. The van der Waals surface area contributed by atoms with Gasteiger partial charge >= 0.3 is 6.09 Å². The van der Waals surface area contributed by atoms with Crippen molar-refractivity contribution in [3.05, 3.63) is 41.6 Å². The van der Waals surface area contributed by atoms with Gasteiger partial charge in [0.1, 0.15) is 16.7 Å². The predicted octanol–water partition coefficient (Wildman–Crippen LogP) is 3.91. The van der Waals surface area contributed by atoms with Crippen LogP contribution >= 0.6 is 11.8 Å². The van der Waals surface area contributed by atoms with Gasteiger partial charge in [0.05, 0.1) is 5.69 Å². The van der Waals surface area contributed by atoms with Crippen LogP contribution in [0.15, 0.2) is 34.2 Å². The fourth-order valence-corrected chi connectivity index (χ4v) is 3.51. The molecule has 0 spiro atoms. The van der Waals surface area contributed by atoms with E-state index < -0.39 is 6.09 Å². The van der Waals surface area contributed by atoms with E-state index >= 15 is 0 Å². The summed E-state index contributed by atoms with van der Waals surface area (Å²) >= 11 is 1.40. The summed E-state index contributed by atoms with van der Waals surface area (Å²) in [6, 6.07) is 6.38. The minimum Gasteiger partial charge on any atom is -0.442 e. The smallest absolute Gasteiger partial charge is 0.404 e. The molecule has 5 nitrogen and oxygen atoms in total. The van der Waals surface area contributed by atoms with Crippen LogP contribution in [0.4, 0.5) is 9.18 Å². The standard InChI is InChI=1S/C16H20FN3O2S/c1-4-20-13(9-22-16(18)21)19-15(14(20)10(2)3)23-12-7-5-6-11(17)8-12/h5-8,10H,4,9H2,1-3H3,(H2,18,21). The molecule has 1 heterocycles. The van der Waals surface area contributed by atoms with Crippen LogP contribution in [0.3, 0.4) is 0 Å². The molecule has 0 bridgehead atoms. The van der Waals surface area contributed by atoms with Crippen LogP contribution in [0.25, 0.3) is 0 Å². The number of primary amides is 1. The molecule has 2 rings (SSSR count). The first kappa shape index (κ1) is 17.3. The third-order valence-corrected chi connectivity index (χ3v) is 4.25. The molecule has 0 saturated carbocycles. The fourth-order valence-electron chi connectivity index (χ4n) is 2.36. The van der Waals surface area contributed by atoms with E-state index in [0.29, 0.717) is 12.4 Å². The van der Waals surface area contributed by atoms with Crippen LogP contribution in [-0.4, -0.2) is 15.6 Å². The lowest BCUT2D eigenvalue weighted by molar-refractivity contribution is 0.145. The summed E-state index contributed by atoms with van der Waals surface area (Å²) in [5.41, 5.74) is 6.06. The number of rotatable bonds is 6. The number of halogens is 1. The van der Waals surface area contributed by atoms with Crippen LogP contribution < -0.4 is 5.73 Å². The number of amides is 1. The highest BCUT2D eigenvalue weighted by atomic mass is 32.2. The SMILES string of the molecule is CCn1c(COC(N)=O)nc(Sc2cccc(F)c2)c1C(C)C. The molecular formula is C16H20FN3O2S. The number of imidazole rings is 1. The Labute approximate surface area is 139 Å². The average molecular weight is 337 g/mol. The van der Waals surface area contributed by atoms with Crippen LogP contribution in [0.5, 0.6) is 0 Å². The minimum atomic E-state index is -0.832. The number of carbonyl (C=O) groups excluding carboxylic acids is 1. The molecule has 2 N–H and O–H groups in total. The first-order chi connectivity index (χ1) is 10.9. The van der Waals surface area contributed by atoms with Crippen molar-refractivity contribution in [1.82, 2.24) is 9.55 Å². The van der Waals surface area contributed by atoms with Gasteiger partial charge in [0.2, 0.25) is 0 Å². The maximum absolute atomic E-state index is 13.4. The summed E-state index contributed by atoms with van der Waals surface area (Å²) < 4.78 is 20.3. The third kappa shape index (κ3) is 4.25. The van der Waals surface area contributed by atoms with E-state index in [-0.39, 0.29) is 18.3 Å². The molecule has 1 aromatic heterocycles. The van der Waals surface area contributed by atoms with Crippen molar-refractivity contribution in [1.29, 1.82) is 0 Å². The molecular weight excluding hydrogens is 317 g/mol. The van der Waals surface area contributed by atoms with Crippen molar-refractivity contribution in [3.63, 3.8) is 0 Å². The first-order valence-corrected chi connectivity index (χ1v) is 8.19. The van der Waals surface area contributed by atoms with Gasteiger partial charge in [-0.25, -0.2) is 14.2 Å². The van der Waals surface area contributed by atoms with E-state index in [2.05, 4.69) is 18.8 Å². The predicted molar refractivity (Wildman–Crippen MR) is 86.9 cm³/mol. The molecule has 0 aliphatic rings. The number of hydrogen-bond acceptors (Lipinski definition) is 4. The largest absolute Gasteiger partial charge is 0.442 e. The summed E-state index contributed by atoms with van der Waals surface area (Å²) in [6.45, 7) is 6.85. The summed E-state index contributed by atoms with van der Waals surface area (Å²) in [5, 5.41) is 0.788. The van der Waals surface area contributed by atoms with Gasteiger partial charge in [0, 0.05) is 11.4 Å². The molecule has 124 valence electrons. The summed E-state index contributed by atoms with van der Waals surface area (Å²) in [4.78, 5) is 16.2. The number of carbonyl (C=O) groups is 1. The quantitative estimate of drug-likeness (QED) is 0.867. The summed E-state index contributed by atoms with van der Waals surface area (Å²) in [5.74, 6) is 0.572. The lowest BCUT2D eigenvalue weighted by Crippen LogP contribution is -2.15. The highest BCUT2D eigenvalue weighted by Crippen LogP contribution is 2.34. The minimum absolute atomic E-state index is 0.0204. The molecule has 0 aliphatic carbocycles. The second-order valence-corrected chi connectivity index (χ2v) is 6.35. The molecule has 7 heteroatoms. The van der Waals surface area contributed by atoms with Gasteiger partial charge in [0.25, 0.3) is 0 Å². The molecule has 2 aromatic rings. The maximum Gasteiger partial charge on any atom is 0.404 e. The molecule has 0 radical (unpaired) electrons. The van der Waals surface area contributed by atoms with E-state index in [1.807, 2.05) is 17.6 Å². The number of nitrogens with zero attached hydrogens (tertiary/aromatic N) is 2. The number of hydrogen-bond donors (Lipinski definition) is 1. The van der Waals surface area contributed by atoms with Crippen molar-refractivity contribution in [3.8, 4) is 0 Å². The molecule has 1 aromatic carbocycles. The monoisotopic (exact) mass is 337 g/mol. The first-order valence-electron chi connectivity index (χ1n) is 7.37. The second kappa shape index (κ2) is 7.50. The Morgan fingerprint density at radius 2 is 2.22 bits per heavy atom. The number of ether oxygens (including phenoxy) is 1. The highest BCUT2D eigenvalue weighted by molar-refractivity contribution is 7.99. The molecule has 0 atom stereocenters. The number of nitrogens with two attached hydrogens (primary N) is 1. The van der Waals surface area contributed by atoms with Crippen LogP contribution in [-0.2, 0) is 17.9 Å². The Morgan fingerprint density at radius 1 is 1.48 bits per heavy atom. The zero-order chi connectivity index (χ0) is 17.0. The summed E-state index contributed by atoms with van der Waals surface area (Å²) in [6.07, 6.45) is -0.832. The molecule has 0 unspecified atom stereocenters. The van der Waals surface area contributed by atoms with Gasteiger partial charge in [-0.1, -0.05) is 31.7 Å². The Hall–Kier alpha value is -2.02. The maximum atomic E-state index is 13.4.